The van der Waals surface area contributed by atoms with E-state index in [9.17, 15) is 22.8 Å². The summed E-state index contributed by atoms with van der Waals surface area (Å²) in [6.45, 7) is 5.25. The van der Waals surface area contributed by atoms with E-state index >= 15 is 0 Å². The van der Waals surface area contributed by atoms with E-state index in [0.717, 1.165) is 0 Å². The Morgan fingerprint density at radius 1 is 1.32 bits per heavy atom. The van der Waals surface area contributed by atoms with Gasteiger partial charge in [0.25, 0.3) is 5.91 Å². The number of sulfonamides is 1. The van der Waals surface area contributed by atoms with E-state index in [2.05, 4.69) is 19.2 Å². The molecule has 7 nitrogen and oxygen atoms in total. The molecule has 2 rings (SSSR count). The Hall–Kier alpha value is -2.13. The molecule has 0 aromatic heterocycles. The second-order valence-electron chi connectivity index (χ2n) is 6.69. The first kappa shape index (κ1) is 22.2. The number of Topliss-reactive ketones (excluding diaryl/α,β-unsaturated/α-hetero) is 1. The number of hydrogen-bond acceptors (Lipinski definition) is 6. The van der Waals surface area contributed by atoms with Crippen LogP contribution >= 0.6 is 12.6 Å². The molecule has 0 radical (unpaired) electrons. The van der Waals surface area contributed by atoms with E-state index in [0.29, 0.717) is 24.9 Å². The van der Waals surface area contributed by atoms with Crippen molar-refractivity contribution in [3.8, 4) is 0 Å². The topological polar surface area (TPSA) is 101 Å². The van der Waals surface area contributed by atoms with Gasteiger partial charge < -0.3 is 4.90 Å². The average Bonchev–Trinajstić information content (AvgIpc) is 3.16. The van der Waals surface area contributed by atoms with Crippen molar-refractivity contribution in [1.29, 1.82) is 0 Å². The van der Waals surface area contributed by atoms with Crippen molar-refractivity contribution in [2.45, 2.75) is 31.1 Å². The zero-order chi connectivity index (χ0) is 20.9. The summed E-state index contributed by atoms with van der Waals surface area (Å²) in [4.78, 5) is 39.2. The number of nitrogens with one attached hydrogen (secondary N) is 1. The molecule has 1 unspecified atom stereocenters. The van der Waals surface area contributed by atoms with Gasteiger partial charge in [0, 0.05) is 12.1 Å². The van der Waals surface area contributed by atoms with Crippen LogP contribution in [-0.2, 0) is 19.6 Å². The van der Waals surface area contributed by atoms with Gasteiger partial charge in [-0.1, -0.05) is 43.3 Å². The zero-order valence-corrected chi connectivity index (χ0v) is 17.3. The van der Waals surface area contributed by atoms with Crippen molar-refractivity contribution >= 4 is 40.2 Å². The summed E-state index contributed by atoms with van der Waals surface area (Å²) in [5, 5.41) is -0.872. The molecule has 0 saturated carbocycles. The maximum Gasteiger partial charge on any atom is 0.256 e. The first-order valence-corrected chi connectivity index (χ1v) is 11.1. The summed E-state index contributed by atoms with van der Waals surface area (Å²) in [7, 11) is -3.83. The molecule has 1 N–H and O–H groups in total. The van der Waals surface area contributed by atoms with Crippen LogP contribution in [-0.4, -0.2) is 54.5 Å². The number of carbonyl (C=O) groups excluding carboxylic acids is 3. The molecule has 9 heteroatoms. The normalized spacial score (nSPS) is 18.9. The highest BCUT2D eigenvalue weighted by molar-refractivity contribution is 7.90. The van der Waals surface area contributed by atoms with Crippen LogP contribution in [0.25, 0.3) is 0 Å². The Morgan fingerprint density at radius 3 is 2.57 bits per heavy atom. The summed E-state index contributed by atoms with van der Waals surface area (Å²) >= 11 is 4.34. The minimum Gasteiger partial charge on any atom is -0.330 e. The van der Waals surface area contributed by atoms with Crippen LogP contribution in [0.2, 0.25) is 0 Å². The SMILES string of the molecule is C=CCS(=O)(=O)NC(=O)[C@@H]1CCCN1C(=O)[C@H](C)C(S)C(=O)c1ccccc1. The van der Waals surface area contributed by atoms with Crippen molar-refractivity contribution in [3.05, 3.63) is 48.6 Å². The first-order valence-electron chi connectivity index (χ1n) is 8.91. The van der Waals surface area contributed by atoms with E-state index in [4.69, 9.17) is 0 Å². The summed E-state index contributed by atoms with van der Waals surface area (Å²) in [5.41, 5.74) is 0.452. The fourth-order valence-corrected chi connectivity index (χ4v) is 4.23. The van der Waals surface area contributed by atoms with Gasteiger partial charge in [-0.05, 0) is 12.8 Å². The highest BCUT2D eigenvalue weighted by atomic mass is 32.2. The lowest BCUT2D eigenvalue weighted by atomic mass is 9.97. The summed E-state index contributed by atoms with van der Waals surface area (Å²) in [6, 6.07) is 7.66. The van der Waals surface area contributed by atoms with Crippen molar-refractivity contribution in [1.82, 2.24) is 9.62 Å². The Balaban J connectivity index is 2.10. The lowest BCUT2D eigenvalue weighted by molar-refractivity contribution is -0.140. The number of rotatable bonds is 8. The van der Waals surface area contributed by atoms with Crippen LogP contribution in [0.4, 0.5) is 0 Å². The van der Waals surface area contributed by atoms with Crippen molar-refractivity contribution < 1.29 is 22.8 Å². The zero-order valence-electron chi connectivity index (χ0n) is 15.6. The molecular weight excluding hydrogens is 400 g/mol. The Bertz CT molecular complexity index is 854. The van der Waals surface area contributed by atoms with Gasteiger partial charge in [-0.3, -0.25) is 19.1 Å². The monoisotopic (exact) mass is 424 g/mol. The molecular formula is C19H24N2O5S2. The van der Waals surface area contributed by atoms with Gasteiger partial charge in [-0.2, -0.15) is 12.6 Å². The molecule has 2 amide bonds. The smallest absolute Gasteiger partial charge is 0.256 e. The van der Waals surface area contributed by atoms with Crippen LogP contribution in [0.15, 0.2) is 43.0 Å². The summed E-state index contributed by atoms with van der Waals surface area (Å²) in [6.07, 6.45) is 2.11. The predicted molar refractivity (Wildman–Crippen MR) is 110 cm³/mol. The van der Waals surface area contributed by atoms with E-state index in [1.54, 1.807) is 37.3 Å². The Kier molecular flexibility index (Phi) is 7.42. The number of nitrogens with zero attached hydrogens (tertiary/aromatic N) is 1. The number of hydrogen-bond donors (Lipinski definition) is 2. The van der Waals surface area contributed by atoms with Crippen LogP contribution in [0.1, 0.15) is 30.1 Å². The molecule has 152 valence electrons. The molecule has 1 saturated heterocycles. The molecule has 28 heavy (non-hydrogen) atoms. The van der Waals surface area contributed by atoms with Gasteiger partial charge in [0.05, 0.1) is 16.9 Å². The molecule has 3 atom stereocenters. The second kappa shape index (κ2) is 9.38. The number of benzene rings is 1. The standard InChI is InChI=1S/C19H24N2O5S2/c1-3-12-28(25,26)20-18(23)15-10-7-11-21(15)19(24)13(2)17(27)16(22)14-8-5-4-6-9-14/h3-6,8-9,13,15,17,27H,1,7,10-12H2,2H3,(H,20,23)/t13-,15+,17?/m1/s1. The minimum atomic E-state index is -3.83. The third kappa shape index (κ3) is 5.23. The third-order valence-electron chi connectivity index (χ3n) is 4.62. The van der Waals surface area contributed by atoms with E-state index in [1.807, 2.05) is 4.72 Å². The predicted octanol–water partition coefficient (Wildman–Crippen LogP) is 1.43. The fraction of sp³-hybridized carbons (Fsp3) is 0.421. The molecule has 0 bridgehead atoms. The van der Waals surface area contributed by atoms with Crippen LogP contribution in [0.5, 0.6) is 0 Å². The molecule has 1 fully saturated rings. The van der Waals surface area contributed by atoms with Gasteiger partial charge in [-0.25, -0.2) is 8.42 Å². The molecule has 1 aromatic rings. The summed E-state index contributed by atoms with van der Waals surface area (Å²) in [5.74, 6) is -2.58. The number of carbonyl (C=O) groups is 3. The number of likely N-dealkylation sites (tertiary alicyclic amines) is 1. The number of ketones is 1. The molecule has 1 heterocycles. The second-order valence-corrected chi connectivity index (χ2v) is 9.01. The molecule has 1 aromatic carbocycles. The average molecular weight is 425 g/mol. The maximum atomic E-state index is 12.9. The maximum absolute atomic E-state index is 12.9. The van der Waals surface area contributed by atoms with Crippen LogP contribution < -0.4 is 4.72 Å². The van der Waals surface area contributed by atoms with Crippen LogP contribution in [0.3, 0.4) is 0 Å². The highest BCUT2D eigenvalue weighted by Gasteiger charge is 2.39. The van der Waals surface area contributed by atoms with Crippen molar-refractivity contribution in [2.24, 2.45) is 5.92 Å². The van der Waals surface area contributed by atoms with Crippen LogP contribution in [0, 0.1) is 5.92 Å². The first-order chi connectivity index (χ1) is 13.2. The minimum absolute atomic E-state index is 0.279. The largest absolute Gasteiger partial charge is 0.330 e. The van der Waals surface area contributed by atoms with Gasteiger partial charge >= 0.3 is 0 Å². The van der Waals surface area contributed by atoms with Gasteiger partial charge in [0.2, 0.25) is 15.9 Å². The quantitative estimate of drug-likeness (QED) is 0.374. The van der Waals surface area contributed by atoms with Gasteiger partial charge in [-0.15, -0.1) is 6.58 Å². The molecule has 1 aliphatic heterocycles. The van der Waals surface area contributed by atoms with Crippen molar-refractivity contribution in [3.63, 3.8) is 0 Å². The van der Waals surface area contributed by atoms with E-state index in [1.165, 1.54) is 11.0 Å². The number of amides is 2. The summed E-state index contributed by atoms with van der Waals surface area (Å²) < 4.78 is 25.6. The van der Waals surface area contributed by atoms with Gasteiger partial charge in [0.15, 0.2) is 5.78 Å². The van der Waals surface area contributed by atoms with E-state index in [-0.39, 0.29) is 11.5 Å². The van der Waals surface area contributed by atoms with E-state index < -0.39 is 39.0 Å². The molecule has 0 spiro atoms. The Morgan fingerprint density at radius 2 is 1.96 bits per heavy atom. The number of thiol groups is 1. The molecule has 1 aliphatic rings. The van der Waals surface area contributed by atoms with Gasteiger partial charge in [0.1, 0.15) is 6.04 Å². The third-order valence-corrected chi connectivity index (χ3v) is 6.49. The Labute approximate surface area is 170 Å². The lowest BCUT2D eigenvalue weighted by Gasteiger charge is -2.28. The van der Waals surface area contributed by atoms with Crippen molar-refractivity contribution in [2.75, 3.05) is 12.3 Å². The lowest BCUT2D eigenvalue weighted by Crippen LogP contribution is -2.50. The highest BCUT2D eigenvalue weighted by Crippen LogP contribution is 2.24. The fourth-order valence-electron chi connectivity index (χ4n) is 3.12. The molecule has 0 aliphatic carbocycles.